The van der Waals surface area contributed by atoms with Crippen LogP contribution in [0.15, 0.2) is 29.7 Å². The van der Waals surface area contributed by atoms with Gasteiger partial charge in [-0.3, -0.25) is 0 Å². The standard InChI is InChI=1S/C13H9F5N4S/c14-7-3-9-10(4-8(7)15)21-12(20-9)23-5-11-19-1-2-22(11)6-13(16,17)18/h1-4H,5-6H2,(H,20,21). The molecule has 0 aliphatic heterocycles. The van der Waals surface area contributed by atoms with Crippen LogP contribution in [-0.2, 0) is 12.3 Å². The highest BCUT2D eigenvalue weighted by Gasteiger charge is 2.28. The number of benzene rings is 1. The maximum atomic E-state index is 13.1. The average Bonchev–Trinajstić information content (AvgIpc) is 3.02. The van der Waals surface area contributed by atoms with Crippen LogP contribution in [-0.4, -0.2) is 25.7 Å². The predicted octanol–water partition coefficient (Wildman–Crippen LogP) is 3.89. The molecule has 3 aromatic rings. The molecule has 0 amide bonds. The third kappa shape index (κ3) is 3.63. The van der Waals surface area contributed by atoms with E-state index in [4.69, 9.17) is 0 Å². The Hall–Kier alpha value is -2.10. The van der Waals surface area contributed by atoms with E-state index in [2.05, 4.69) is 15.0 Å². The van der Waals surface area contributed by atoms with Gasteiger partial charge in [0.25, 0.3) is 0 Å². The lowest BCUT2D eigenvalue weighted by molar-refractivity contribution is -0.140. The first-order valence-electron chi connectivity index (χ1n) is 6.36. The van der Waals surface area contributed by atoms with Gasteiger partial charge in [-0.15, -0.1) is 0 Å². The summed E-state index contributed by atoms with van der Waals surface area (Å²) in [4.78, 5) is 10.7. The van der Waals surface area contributed by atoms with Crippen molar-refractivity contribution in [2.24, 2.45) is 0 Å². The van der Waals surface area contributed by atoms with Gasteiger partial charge in [-0.05, 0) is 0 Å². The molecule has 23 heavy (non-hydrogen) atoms. The smallest absolute Gasteiger partial charge is 0.333 e. The van der Waals surface area contributed by atoms with Crippen molar-refractivity contribution >= 4 is 22.8 Å². The molecule has 2 aromatic heterocycles. The third-order valence-corrected chi connectivity index (χ3v) is 3.86. The number of rotatable bonds is 4. The van der Waals surface area contributed by atoms with E-state index in [9.17, 15) is 22.0 Å². The SMILES string of the molecule is Fc1cc2nc(SCc3nccn3CC(F)(F)F)[nH]c2cc1F. The van der Waals surface area contributed by atoms with Gasteiger partial charge in [-0.2, -0.15) is 13.2 Å². The van der Waals surface area contributed by atoms with Gasteiger partial charge in [-0.25, -0.2) is 18.7 Å². The lowest BCUT2D eigenvalue weighted by Gasteiger charge is -2.09. The predicted molar refractivity (Wildman–Crippen MR) is 73.9 cm³/mol. The van der Waals surface area contributed by atoms with E-state index in [1.165, 1.54) is 12.4 Å². The van der Waals surface area contributed by atoms with Crippen LogP contribution in [0.25, 0.3) is 11.0 Å². The molecule has 122 valence electrons. The highest BCUT2D eigenvalue weighted by atomic mass is 32.2. The summed E-state index contributed by atoms with van der Waals surface area (Å²) in [7, 11) is 0. The van der Waals surface area contributed by atoms with E-state index in [0.29, 0.717) is 10.7 Å². The van der Waals surface area contributed by atoms with E-state index in [0.717, 1.165) is 28.5 Å². The first-order valence-corrected chi connectivity index (χ1v) is 7.35. The molecule has 1 N–H and O–H groups in total. The molecule has 0 spiro atoms. The van der Waals surface area contributed by atoms with Crippen molar-refractivity contribution in [3.05, 3.63) is 42.0 Å². The minimum atomic E-state index is -4.34. The molecule has 1 aromatic carbocycles. The molecule has 0 fully saturated rings. The normalized spacial score (nSPS) is 12.2. The number of fused-ring (bicyclic) bond motifs is 1. The highest BCUT2D eigenvalue weighted by Crippen LogP contribution is 2.25. The molecule has 0 saturated carbocycles. The molecule has 4 nitrogen and oxygen atoms in total. The van der Waals surface area contributed by atoms with Gasteiger partial charge in [-0.1, -0.05) is 11.8 Å². The zero-order valence-electron chi connectivity index (χ0n) is 11.4. The van der Waals surface area contributed by atoms with E-state index < -0.39 is 24.4 Å². The fourth-order valence-corrected chi connectivity index (χ4v) is 2.85. The van der Waals surface area contributed by atoms with Crippen molar-refractivity contribution in [2.75, 3.05) is 0 Å². The molecular formula is C13H9F5N4S. The lowest BCUT2D eigenvalue weighted by atomic mass is 10.3. The van der Waals surface area contributed by atoms with Crippen molar-refractivity contribution in [3.63, 3.8) is 0 Å². The summed E-state index contributed by atoms with van der Waals surface area (Å²) in [5.74, 6) is -1.65. The second-order valence-electron chi connectivity index (χ2n) is 4.70. The first-order chi connectivity index (χ1) is 10.8. The number of H-pyrrole nitrogens is 1. The molecule has 0 saturated heterocycles. The van der Waals surface area contributed by atoms with Gasteiger partial charge in [0.05, 0.1) is 16.8 Å². The van der Waals surface area contributed by atoms with Gasteiger partial charge in [0.2, 0.25) is 0 Å². The van der Waals surface area contributed by atoms with Crippen LogP contribution in [0.3, 0.4) is 0 Å². The van der Waals surface area contributed by atoms with Crippen LogP contribution >= 0.6 is 11.8 Å². The number of aromatic amines is 1. The number of halogens is 5. The van der Waals surface area contributed by atoms with Crippen LogP contribution in [0, 0.1) is 11.6 Å². The van der Waals surface area contributed by atoms with Crippen molar-refractivity contribution in [2.45, 2.75) is 23.6 Å². The largest absolute Gasteiger partial charge is 0.406 e. The van der Waals surface area contributed by atoms with Crippen LogP contribution in [0.4, 0.5) is 22.0 Å². The monoisotopic (exact) mass is 348 g/mol. The van der Waals surface area contributed by atoms with Crippen LogP contribution < -0.4 is 0 Å². The fraction of sp³-hybridized carbons (Fsp3) is 0.231. The topological polar surface area (TPSA) is 46.5 Å². The Morgan fingerprint density at radius 2 is 1.91 bits per heavy atom. The lowest BCUT2D eigenvalue weighted by Crippen LogP contribution is -2.18. The van der Waals surface area contributed by atoms with Crippen LogP contribution in [0.5, 0.6) is 0 Å². The third-order valence-electron chi connectivity index (χ3n) is 2.99. The second kappa shape index (κ2) is 5.84. The second-order valence-corrected chi connectivity index (χ2v) is 5.66. The Kier molecular flexibility index (Phi) is 4.00. The summed E-state index contributed by atoms with van der Waals surface area (Å²) in [5.41, 5.74) is 0.551. The van der Waals surface area contributed by atoms with Crippen molar-refractivity contribution in [1.82, 2.24) is 19.5 Å². The Labute approximate surface area is 130 Å². The van der Waals surface area contributed by atoms with Crippen LogP contribution in [0.2, 0.25) is 0 Å². The van der Waals surface area contributed by atoms with Gasteiger partial charge < -0.3 is 9.55 Å². The Bertz CT molecular complexity index is 800. The quantitative estimate of drug-likeness (QED) is 0.575. The van der Waals surface area contributed by atoms with E-state index in [-0.39, 0.29) is 17.1 Å². The summed E-state index contributed by atoms with van der Waals surface area (Å²) in [6.07, 6.45) is -1.81. The maximum Gasteiger partial charge on any atom is 0.406 e. The Balaban J connectivity index is 1.75. The van der Waals surface area contributed by atoms with Crippen molar-refractivity contribution in [1.29, 1.82) is 0 Å². The molecule has 0 bridgehead atoms. The van der Waals surface area contributed by atoms with E-state index in [1.54, 1.807) is 0 Å². The molecular weight excluding hydrogens is 339 g/mol. The van der Waals surface area contributed by atoms with Gasteiger partial charge in [0, 0.05) is 24.5 Å². The fourth-order valence-electron chi connectivity index (χ4n) is 2.00. The Morgan fingerprint density at radius 3 is 2.65 bits per heavy atom. The zero-order chi connectivity index (χ0) is 16.6. The molecule has 0 aliphatic rings. The number of nitrogens with one attached hydrogen (secondary N) is 1. The summed E-state index contributed by atoms with van der Waals surface area (Å²) < 4.78 is 64.5. The van der Waals surface area contributed by atoms with Crippen molar-refractivity contribution in [3.8, 4) is 0 Å². The average molecular weight is 348 g/mol. The first kappa shape index (κ1) is 15.8. The van der Waals surface area contributed by atoms with Gasteiger partial charge in [0.15, 0.2) is 16.8 Å². The minimum absolute atomic E-state index is 0.133. The molecule has 2 heterocycles. The number of alkyl halides is 3. The minimum Gasteiger partial charge on any atom is -0.333 e. The number of imidazole rings is 2. The number of hydrogen-bond acceptors (Lipinski definition) is 3. The number of thioether (sulfide) groups is 1. The zero-order valence-corrected chi connectivity index (χ0v) is 12.2. The Morgan fingerprint density at radius 1 is 1.17 bits per heavy atom. The summed E-state index contributed by atoms with van der Waals surface area (Å²) in [5, 5.41) is 0.339. The van der Waals surface area contributed by atoms with Crippen molar-refractivity contribution < 1.29 is 22.0 Å². The summed E-state index contributed by atoms with van der Waals surface area (Å²) in [6, 6.07) is 1.93. The summed E-state index contributed by atoms with van der Waals surface area (Å²) in [6.45, 7) is -1.13. The van der Waals surface area contributed by atoms with E-state index in [1.807, 2.05) is 0 Å². The molecule has 0 atom stereocenters. The van der Waals surface area contributed by atoms with Gasteiger partial charge >= 0.3 is 6.18 Å². The molecule has 3 rings (SSSR count). The number of nitrogens with zero attached hydrogens (tertiary/aromatic N) is 3. The van der Waals surface area contributed by atoms with Gasteiger partial charge in [0.1, 0.15) is 12.4 Å². The summed E-state index contributed by atoms with van der Waals surface area (Å²) >= 11 is 1.09. The van der Waals surface area contributed by atoms with Crippen LogP contribution in [0.1, 0.15) is 5.82 Å². The molecule has 10 heteroatoms. The number of aromatic nitrogens is 4. The molecule has 0 unspecified atom stereocenters. The number of hydrogen-bond donors (Lipinski definition) is 1. The van der Waals surface area contributed by atoms with E-state index >= 15 is 0 Å². The maximum absolute atomic E-state index is 13.1. The molecule has 0 aliphatic carbocycles. The highest BCUT2D eigenvalue weighted by molar-refractivity contribution is 7.98. The molecule has 0 radical (unpaired) electrons.